The van der Waals surface area contributed by atoms with Crippen molar-refractivity contribution in [3.05, 3.63) is 35.5 Å². The van der Waals surface area contributed by atoms with E-state index in [9.17, 15) is 10.1 Å². The third kappa shape index (κ3) is 4.31. The molecule has 1 aromatic carbocycles. The number of nitrogen functional groups attached to an aromatic ring is 1. The molecule has 0 bridgehead atoms. The number of fused-ring (bicyclic) bond motifs is 1. The Balaban J connectivity index is 1.47. The third-order valence-corrected chi connectivity index (χ3v) is 7.45. The Morgan fingerprint density at radius 2 is 2.12 bits per heavy atom. The van der Waals surface area contributed by atoms with Gasteiger partial charge in [-0.2, -0.15) is 5.26 Å². The Kier molecular flexibility index (Phi) is 6.11. The average Bonchev–Trinajstić information content (AvgIpc) is 3.61. The number of piperazine rings is 1. The molecule has 1 aliphatic heterocycles. The van der Waals surface area contributed by atoms with E-state index in [1.807, 2.05) is 23.1 Å². The molecule has 1 unspecified atom stereocenters. The van der Waals surface area contributed by atoms with Gasteiger partial charge in [0.1, 0.15) is 11.9 Å². The van der Waals surface area contributed by atoms with Crippen molar-refractivity contribution in [1.82, 2.24) is 14.9 Å². The van der Waals surface area contributed by atoms with Crippen molar-refractivity contribution < 1.29 is 9.53 Å². The summed E-state index contributed by atoms with van der Waals surface area (Å²) in [7, 11) is 1.61. The highest BCUT2D eigenvalue weighted by molar-refractivity contribution is 7.22. The minimum Gasteiger partial charge on any atom is -0.384 e. The zero-order valence-corrected chi connectivity index (χ0v) is 20.3. The second-order valence-corrected chi connectivity index (χ2v) is 10.1. The van der Waals surface area contributed by atoms with Crippen LogP contribution in [0, 0.1) is 11.3 Å². The molecule has 1 saturated carbocycles. The number of carbonyl (C=O) groups excluding carboxylic acids is 1. The molecule has 2 aromatic heterocycles. The molecule has 3 heterocycles. The number of rotatable bonds is 6. The minimum absolute atomic E-state index is 0.0368. The number of benzene rings is 1. The van der Waals surface area contributed by atoms with Gasteiger partial charge in [-0.05, 0) is 43.5 Å². The van der Waals surface area contributed by atoms with E-state index in [-0.39, 0.29) is 11.9 Å². The predicted octanol–water partition coefficient (Wildman–Crippen LogP) is 3.76. The lowest BCUT2D eigenvalue weighted by atomic mass is 9.98. The molecule has 1 saturated heterocycles. The fourth-order valence-electron chi connectivity index (χ4n) is 4.70. The van der Waals surface area contributed by atoms with Crippen LogP contribution in [0.25, 0.3) is 21.3 Å². The molecule has 0 radical (unpaired) electrons. The summed E-state index contributed by atoms with van der Waals surface area (Å²) in [4.78, 5) is 26.0. The number of amides is 1. The Morgan fingerprint density at radius 1 is 1.29 bits per heavy atom. The first-order valence-electron chi connectivity index (χ1n) is 11.6. The fourth-order valence-corrected chi connectivity index (χ4v) is 5.48. The maximum absolute atomic E-state index is 12.5. The fraction of sp³-hybridized carbons (Fsp3) is 0.440. The maximum Gasteiger partial charge on any atom is 0.225 e. The number of nitrogens with two attached hydrogens (primary N) is 1. The number of aromatic nitrogens is 2. The molecule has 3 aromatic rings. The monoisotopic (exact) mass is 476 g/mol. The Morgan fingerprint density at radius 3 is 2.82 bits per heavy atom. The number of nitriles is 1. The molecule has 34 heavy (non-hydrogen) atoms. The van der Waals surface area contributed by atoms with Crippen LogP contribution >= 0.6 is 11.3 Å². The normalized spacial score (nSPS) is 18.3. The van der Waals surface area contributed by atoms with Gasteiger partial charge in [-0.3, -0.25) is 4.79 Å². The first-order valence-corrected chi connectivity index (χ1v) is 12.4. The van der Waals surface area contributed by atoms with E-state index in [2.05, 4.69) is 28.9 Å². The summed E-state index contributed by atoms with van der Waals surface area (Å²) in [6, 6.07) is 10.5. The van der Waals surface area contributed by atoms with Gasteiger partial charge in [0.05, 0.1) is 34.5 Å². The van der Waals surface area contributed by atoms with Crippen LogP contribution in [0.15, 0.2) is 24.3 Å². The lowest BCUT2D eigenvalue weighted by Crippen LogP contribution is -2.54. The molecule has 2 aliphatic rings. The predicted molar refractivity (Wildman–Crippen MR) is 134 cm³/mol. The Hall–Kier alpha value is -3.22. The average molecular weight is 477 g/mol. The number of carbonyl (C=O) groups is 1. The maximum atomic E-state index is 12.5. The summed E-state index contributed by atoms with van der Waals surface area (Å²) in [6.07, 6.45) is 2.61. The lowest BCUT2D eigenvalue weighted by molar-refractivity contribution is -0.134. The zero-order chi connectivity index (χ0) is 23.8. The molecule has 8 nitrogen and oxygen atoms in total. The highest BCUT2D eigenvalue weighted by Crippen LogP contribution is 2.45. The van der Waals surface area contributed by atoms with Gasteiger partial charge >= 0.3 is 0 Å². The van der Waals surface area contributed by atoms with Gasteiger partial charge < -0.3 is 20.3 Å². The van der Waals surface area contributed by atoms with Gasteiger partial charge in [-0.1, -0.05) is 17.4 Å². The highest BCUT2D eigenvalue weighted by atomic mass is 32.1. The topological polar surface area (TPSA) is 108 Å². The molecule has 9 heteroatoms. The SMILES string of the molecule is COCCC(=O)N1CCN(c2nc(C3CC3)c(-c3ccc4nc(N)sc4c3)cc2C#N)CC1C. The number of hydrogen-bond acceptors (Lipinski definition) is 8. The van der Waals surface area contributed by atoms with E-state index in [1.165, 1.54) is 11.3 Å². The minimum atomic E-state index is 0.0368. The molecule has 176 valence electrons. The van der Waals surface area contributed by atoms with E-state index in [0.717, 1.165) is 45.7 Å². The number of hydrogen-bond donors (Lipinski definition) is 1. The number of nitrogens with zero attached hydrogens (tertiary/aromatic N) is 5. The van der Waals surface area contributed by atoms with Crippen molar-refractivity contribution >= 4 is 38.4 Å². The van der Waals surface area contributed by atoms with Crippen LogP contribution in [0.4, 0.5) is 10.9 Å². The van der Waals surface area contributed by atoms with Crippen LogP contribution in [0.2, 0.25) is 0 Å². The van der Waals surface area contributed by atoms with Crippen LogP contribution in [0.1, 0.15) is 43.4 Å². The summed E-state index contributed by atoms with van der Waals surface area (Å²) in [5, 5.41) is 10.6. The van der Waals surface area contributed by atoms with E-state index >= 15 is 0 Å². The zero-order valence-electron chi connectivity index (χ0n) is 19.5. The molecule has 1 atom stereocenters. The van der Waals surface area contributed by atoms with Crippen LogP contribution < -0.4 is 10.6 Å². The van der Waals surface area contributed by atoms with E-state index in [1.54, 1.807) is 7.11 Å². The number of anilines is 2. The van der Waals surface area contributed by atoms with Crippen molar-refractivity contribution in [2.75, 3.05) is 44.0 Å². The van der Waals surface area contributed by atoms with E-state index < -0.39 is 0 Å². The second kappa shape index (κ2) is 9.20. The van der Waals surface area contributed by atoms with Crippen LogP contribution in [-0.4, -0.2) is 60.2 Å². The molecule has 1 amide bonds. The van der Waals surface area contributed by atoms with Crippen LogP contribution in [0.5, 0.6) is 0 Å². The standard InChI is InChI=1S/C25H28N6O2S/c1-15-14-30(8-9-31(15)22(32)7-10-33-2)24-18(13-26)11-19(23(29-24)16-3-4-16)17-5-6-20-21(12-17)34-25(27)28-20/h5-6,11-12,15-16H,3-4,7-10,14H2,1-2H3,(H2,27,28). The Bertz CT molecular complexity index is 1280. The van der Waals surface area contributed by atoms with Crippen molar-refractivity contribution in [3.8, 4) is 17.2 Å². The third-order valence-electron chi connectivity index (χ3n) is 6.60. The van der Waals surface area contributed by atoms with Gasteiger partial charge in [0.25, 0.3) is 0 Å². The van der Waals surface area contributed by atoms with E-state index in [0.29, 0.717) is 49.3 Å². The highest BCUT2D eigenvalue weighted by Gasteiger charge is 2.33. The number of pyridine rings is 1. The first kappa shape index (κ1) is 22.6. The van der Waals surface area contributed by atoms with Crippen molar-refractivity contribution in [2.24, 2.45) is 0 Å². The molecule has 0 spiro atoms. The van der Waals surface area contributed by atoms with Gasteiger partial charge in [0.2, 0.25) is 5.91 Å². The lowest BCUT2D eigenvalue weighted by Gasteiger charge is -2.41. The largest absolute Gasteiger partial charge is 0.384 e. The molecule has 1 aliphatic carbocycles. The number of ether oxygens (including phenoxy) is 1. The van der Waals surface area contributed by atoms with E-state index in [4.69, 9.17) is 15.5 Å². The molecular formula is C25H28N6O2S. The molecule has 2 N–H and O–H groups in total. The van der Waals surface area contributed by atoms with Gasteiger partial charge in [0.15, 0.2) is 5.13 Å². The van der Waals surface area contributed by atoms with Gasteiger partial charge in [-0.15, -0.1) is 0 Å². The summed E-state index contributed by atoms with van der Waals surface area (Å²) >= 11 is 1.47. The summed E-state index contributed by atoms with van der Waals surface area (Å²) in [5.74, 6) is 1.25. The van der Waals surface area contributed by atoms with Gasteiger partial charge in [0, 0.05) is 44.3 Å². The number of methoxy groups -OCH3 is 1. The quantitative estimate of drug-likeness (QED) is 0.577. The summed E-state index contributed by atoms with van der Waals surface area (Å²) in [5.41, 5.74) is 10.4. The molecule has 5 rings (SSSR count). The first-order chi connectivity index (χ1) is 16.5. The van der Waals surface area contributed by atoms with Crippen LogP contribution in [-0.2, 0) is 9.53 Å². The van der Waals surface area contributed by atoms with Crippen molar-refractivity contribution in [3.63, 3.8) is 0 Å². The van der Waals surface area contributed by atoms with Crippen molar-refractivity contribution in [1.29, 1.82) is 5.26 Å². The van der Waals surface area contributed by atoms with Gasteiger partial charge in [-0.25, -0.2) is 9.97 Å². The molecule has 2 fully saturated rings. The Labute approximate surface area is 203 Å². The van der Waals surface area contributed by atoms with Crippen LogP contribution in [0.3, 0.4) is 0 Å². The molecular weight excluding hydrogens is 448 g/mol. The van der Waals surface area contributed by atoms with Crippen molar-refractivity contribution in [2.45, 2.75) is 38.1 Å². The number of thiazole rings is 1. The summed E-state index contributed by atoms with van der Waals surface area (Å²) < 4.78 is 6.09. The second-order valence-electron chi connectivity index (χ2n) is 9.04. The summed E-state index contributed by atoms with van der Waals surface area (Å²) in [6.45, 7) is 4.39. The smallest absolute Gasteiger partial charge is 0.225 e.